The highest BCUT2D eigenvalue weighted by Crippen LogP contribution is 2.26. The fourth-order valence-electron chi connectivity index (χ4n) is 2.40. The summed E-state index contributed by atoms with van der Waals surface area (Å²) in [6, 6.07) is 14.1. The van der Waals surface area contributed by atoms with E-state index in [2.05, 4.69) is 16.2 Å². The summed E-state index contributed by atoms with van der Waals surface area (Å²) in [7, 11) is 0. The number of benzene rings is 2. The van der Waals surface area contributed by atoms with Crippen LogP contribution in [0.5, 0.6) is 11.5 Å². The molecule has 0 heterocycles. The molecule has 0 saturated heterocycles. The quantitative estimate of drug-likeness (QED) is 0.557. The third-order valence-electron chi connectivity index (χ3n) is 3.77. The molecule has 0 aromatic heterocycles. The molecular weight excluding hydrogens is 374 g/mol. The van der Waals surface area contributed by atoms with Crippen LogP contribution in [-0.4, -0.2) is 37.5 Å². The zero-order chi connectivity index (χ0) is 21.1. The van der Waals surface area contributed by atoms with Gasteiger partial charge in [-0.1, -0.05) is 29.8 Å². The predicted octanol–water partition coefficient (Wildman–Crippen LogP) is 1.74. The van der Waals surface area contributed by atoms with Crippen molar-refractivity contribution in [3.8, 4) is 11.5 Å². The van der Waals surface area contributed by atoms with Crippen LogP contribution in [0, 0.1) is 6.92 Å². The second-order valence-electron chi connectivity index (χ2n) is 6.14. The Labute approximate surface area is 169 Å². The third-order valence-corrected chi connectivity index (χ3v) is 3.77. The molecule has 8 heteroatoms. The first-order valence-corrected chi connectivity index (χ1v) is 9.26. The van der Waals surface area contributed by atoms with E-state index in [1.54, 1.807) is 42.5 Å². The van der Waals surface area contributed by atoms with Gasteiger partial charge in [-0.25, -0.2) is 0 Å². The average Bonchev–Trinajstić information content (AvgIpc) is 2.71. The summed E-state index contributed by atoms with van der Waals surface area (Å²) >= 11 is 0. The minimum absolute atomic E-state index is 0.0197. The van der Waals surface area contributed by atoms with Crippen LogP contribution < -0.4 is 25.6 Å². The van der Waals surface area contributed by atoms with Crippen molar-refractivity contribution >= 4 is 17.7 Å². The molecule has 0 aliphatic carbocycles. The first kappa shape index (κ1) is 21.7. The van der Waals surface area contributed by atoms with E-state index in [1.165, 1.54) is 0 Å². The van der Waals surface area contributed by atoms with Crippen molar-refractivity contribution in [1.29, 1.82) is 0 Å². The second kappa shape index (κ2) is 11.3. The van der Waals surface area contributed by atoms with E-state index in [9.17, 15) is 14.4 Å². The number of carbonyl (C=O) groups excluding carboxylic acids is 3. The Bertz CT molecular complexity index is 854. The molecule has 3 N–H and O–H groups in total. The van der Waals surface area contributed by atoms with Gasteiger partial charge in [0, 0.05) is 18.5 Å². The SMILES string of the molecule is CCOc1ccccc1OCC(=O)NNC(=O)CCNC(=O)c1cccc(C)c1. The molecule has 0 fully saturated rings. The summed E-state index contributed by atoms with van der Waals surface area (Å²) in [6.07, 6.45) is 0.0197. The minimum Gasteiger partial charge on any atom is -0.490 e. The zero-order valence-electron chi connectivity index (χ0n) is 16.5. The van der Waals surface area contributed by atoms with Crippen LogP contribution in [0.4, 0.5) is 0 Å². The van der Waals surface area contributed by atoms with E-state index < -0.39 is 11.8 Å². The number of carbonyl (C=O) groups is 3. The number of aryl methyl sites for hydroxylation is 1. The summed E-state index contributed by atoms with van der Waals surface area (Å²) in [5.41, 5.74) is 6.05. The topological polar surface area (TPSA) is 106 Å². The van der Waals surface area contributed by atoms with E-state index >= 15 is 0 Å². The fourth-order valence-corrected chi connectivity index (χ4v) is 2.40. The Morgan fingerprint density at radius 1 is 0.897 bits per heavy atom. The lowest BCUT2D eigenvalue weighted by Crippen LogP contribution is -2.44. The van der Waals surface area contributed by atoms with Gasteiger partial charge in [-0.3, -0.25) is 25.2 Å². The maximum absolute atomic E-state index is 12.0. The molecule has 2 aromatic rings. The molecule has 3 amide bonds. The highest BCUT2D eigenvalue weighted by molar-refractivity contribution is 5.94. The lowest BCUT2D eigenvalue weighted by molar-refractivity contribution is -0.130. The van der Waals surface area contributed by atoms with Crippen molar-refractivity contribution in [1.82, 2.24) is 16.2 Å². The molecule has 0 atom stereocenters. The number of rotatable bonds is 9. The number of hydrazine groups is 1. The Kier molecular flexibility index (Phi) is 8.50. The summed E-state index contributed by atoms with van der Waals surface area (Å²) in [5, 5.41) is 2.66. The number of hydrogen-bond acceptors (Lipinski definition) is 5. The van der Waals surface area contributed by atoms with Gasteiger partial charge < -0.3 is 14.8 Å². The highest BCUT2D eigenvalue weighted by Gasteiger charge is 2.10. The standard InChI is InChI=1S/C21H25N3O5/c1-3-28-17-9-4-5-10-18(17)29-14-20(26)24-23-19(25)11-12-22-21(27)16-8-6-7-15(2)13-16/h4-10,13H,3,11-12,14H2,1-2H3,(H,22,27)(H,23,25)(H,24,26). The van der Waals surface area contributed by atoms with E-state index in [0.29, 0.717) is 23.7 Å². The minimum atomic E-state index is -0.520. The van der Waals surface area contributed by atoms with Gasteiger partial charge >= 0.3 is 0 Å². The molecule has 29 heavy (non-hydrogen) atoms. The monoisotopic (exact) mass is 399 g/mol. The van der Waals surface area contributed by atoms with Crippen molar-refractivity contribution in [3.05, 3.63) is 59.7 Å². The number of ether oxygens (including phenoxy) is 2. The molecule has 2 rings (SSSR count). The molecule has 154 valence electrons. The van der Waals surface area contributed by atoms with Crippen LogP contribution in [-0.2, 0) is 9.59 Å². The van der Waals surface area contributed by atoms with Crippen LogP contribution in [0.3, 0.4) is 0 Å². The fraction of sp³-hybridized carbons (Fsp3) is 0.286. The van der Waals surface area contributed by atoms with Crippen LogP contribution in [0.15, 0.2) is 48.5 Å². The maximum Gasteiger partial charge on any atom is 0.276 e. The van der Waals surface area contributed by atoms with Crippen molar-refractivity contribution in [3.63, 3.8) is 0 Å². The first-order valence-electron chi connectivity index (χ1n) is 9.26. The van der Waals surface area contributed by atoms with Crippen LogP contribution in [0.2, 0.25) is 0 Å². The van der Waals surface area contributed by atoms with Gasteiger partial charge in [0.1, 0.15) is 0 Å². The molecular formula is C21H25N3O5. The molecule has 0 radical (unpaired) electrons. The van der Waals surface area contributed by atoms with Crippen molar-refractivity contribution < 1.29 is 23.9 Å². The first-order chi connectivity index (χ1) is 14.0. The van der Waals surface area contributed by atoms with Gasteiger partial charge in [-0.2, -0.15) is 0 Å². The van der Waals surface area contributed by atoms with Gasteiger partial charge in [0.15, 0.2) is 18.1 Å². The lowest BCUT2D eigenvalue weighted by Gasteiger charge is -2.12. The third kappa shape index (κ3) is 7.53. The van der Waals surface area contributed by atoms with E-state index in [1.807, 2.05) is 19.9 Å². The maximum atomic E-state index is 12.0. The zero-order valence-corrected chi connectivity index (χ0v) is 16.5. The van der Waals surface area contributed by atoms with Crippen LogP contribution >= 0.6 is 0 Å². The van der Waals surface area contributed by atoms with Gasteiger partial charge in [-0.05, 0) is 38.1 Å². The number of para-hydroxylation sites is 2. The molecule has 0 aliphatic rings. The molecule has 2 aromatic carbocycles. The van der Waals surface area contributed by atoms with Gasteiger partial charge in [0.2, 0.25) is 5.91 Å². The largest absolute Gasteiger partial charge is 0.490 e. The van der Waals surface area contributed by atoms with Crippen LogP contribution in [0.1, 0.15) is 29.3 Å². The normalized spacial score (nSPS) is 10.0. The summed E-state index contributed by atoms with van der Waals surface area (Å²) in [6.45, 7) is 4.08. The molecule has 0 bridgehead atoms. The lowest BCUT2D eigenvalue weighted by atomic mass is 10.1. The van der Waals surface area contributed by atoms with Crippen molar-refractivity contribution in [2.75, 3.05) is 19.8 Å². The summed E-state index contributed by atoms with van der Waals surface area (Å²) in [4.78, 5) is 35.6. The van der Waals surface area contributed by atoms with E-state index in [0.717, 1.165) is 5.56 Å². The van der Waals surface area contributed by atoms with Crippen molar-refractivity contribution in [2.24, 2.45) is 0 Å². The van der Waals surface area contributed by atoms with Gasteiger partial charge in [0.05, 0.1) is 6.61 Å². The van der Waals surface area contributed by atoms with Crippen LogP contribution in [0.25, 0.3) is 0 Å². The molecule has 0 unspecified atom stereocenters. The summed E-state index contributed by atoms with van der Waals surface area (Å²) in [5.74, 6) is -0.233. The molecule has 0 saturated carbocycles. The molecule has 8 nitrogen and oxygen atoms in total. The Morgan fingerprint density at radius 2 is 1.59 bits per heavy atom. The molecule has 0 spiro atoms. The predicted molar refractivity (Wildman–Crippen MR) is 108 cm³/mol. The Hall–Kier alpha value is -3.55. The summed E-state index contributed by atoms with van der Waals surface area (Å²) < 4.78 is 10.8. The van der Waals surface area contributed by atoms with Crippen molar-refractivity contribution in [2.45, 2.75) is 20.3 Å². The number of hydrogen-bond donors (Lipinski definition) is 3. The van der Waals surface area contributed by atoms with E-state index in [4.69, 9.17) is 9.47 Å². The second-order valence-corrected chi connectivity index (χ2v) is 6.14. The smallest absolute Gasteiger partial charge is 0.276 e. The Morgan fingerprint density at radius 3 is 2.28 bits per heavy atom. The number of nitrogens with one attached hydrogen (secondary N) is 3. The van der Waals surface area contributed by atoms with E-state index in [-0.39, 0.29) is 25.5 Å². The van der Waals surface area contributed by atoms with Gasteiger partial charge in [-0.15, -0.1) is 0 Å². The Balaban J connectivity index is 1.66. The number of amides is 3. The average molecular weight is 399 g/mol. The molecule has 0 aliphatic heterocycles. The van der Waals surface area contributed by atoms with Gasteiger partial charge in [0.25, 0.3) is 11.8 Å². The highest BCUT2D eigenvalue weighted by atomic mass is 16.5.